The highest BCUT2D eigenvalue weighted by Crippen LogP contribution is 2.46. The zero-order chi connectivity index (χ0) is 18.3. The van der Waals surface area contributed by atoms with Crippen LogP contribution in [0.5, 0.6) is 0 Å². The molecular formula is C17H6Cl6IN. The van der Waals surface area contributed by atoms with Gasteiger partial charge in [-0.05, 0) is 52.9 Å². The summed E-state index contributed by atoms with van der Waals surface area (Å²) in [6, 6.07) is 8.49. The molecule has 0 amide bonds. The van der Waals surface area contributed by atoms with Crippen LogP contribution in [0.15, 0.2) is 36.5 Å². The summed E-state index contributed by atoms with van der Waals surface area (Å²) < 4.78 is 0.887. The van der Waals surface area contributed by atoms with E-state index in [-0.39, 0.29) is 0 Å². The third kappa shape index (κ3) is 3.86. The lowest BCUT2D eigenvalue weighted by Crippen LogP contribution is -1.95. The summed E-state index contributed by atoms with van der Waals surface area (Å²) in [7, 11) is 0. The number of hydrogen-bond acceptors (Lipinski definition) is 1. The first-order chi connectivity index (χ1) is 11.8. The molecule has 0 aliphatic rings. The van der Waals surface area contributed by atoms with Crippen molar-refractivity contribution in [2.45, 2.75) is 0 Å². The van der Waals surface area contributed by atoms with Crippen LogP contribution >= 0.6 is 92.2 Å². The molecule has 0 unspecified atom stereocenters. The molecule has 2 aromatic carbocycles. The van der Waals surface area contributed by atoms with Gasteiger partial charge >= 0.3 is 0 Å². The Balaban J connectivity index is 2.41. The monoisotopic (exact) mass is 561 g/mol. The molecule has 0 bridgehead atoms. The number of aromatic nitrogens is 1. The van der Waals surface area contributed by atoms with Gasteiger partial charge in [0.2, 0.25) is 0 Å². The molecule has 1 nitrogen and oxygen atoms in total. The molecule has 0 N–H and O–H groups in total. The second kappa shape index (κ2) is 7.97. The highest BCUT2D eigenvalue weighted by molar-refractivity contribution is 14.1. The van der Waals surface area contributed by atoms with Crippen LogP contribution in [0.1, 0.15) is 0 Å². The predicted octanol–water partition coefficient (Wildman–Crippen LogP) is 8.94. The van der Waals surface area contributed by atoms with Crippen LogP contribution in [-0.2, 0) is 0 Å². The third-order valence-electron chi connectivity index (χ3n) is 3.45. The zero-order valence-corrected chi connectivity index (χ0v) is 18.8. The first-order valence-electron chi connectivity index (χ1n) is 6.74. The van der Waals surface area contributed by atoms with E-state index in [1.165, 1.54) is 0 Å². The van der Waals surface area contributed by atoms with E-state index in [1.807, 2.05) is 6.07 Å². The standard InChI is InChI=1S/C17H6Cl6IN/c18-9-1-3-11(20)15(22)13(9)8-5-7(24)6-25-17(8)14-10(19)2-4-12(21)16(14)23/h1-6H. The van der Waals surface area contributed by atoms with Crippen LogP contribution in [0.3, 0.4) is 0 Å². The fourth-order valence-electron chi connectivity index (χ4n) is 2.35. The molecule has 3 rings (SSSR count). The maximum atomic E-state index is 6.42. The van der Waals surface area contributed by atoms with Gasteiger partial charge in [-0.3, -0.25) is 4.98 Å². The number of benzene rings is 2. The van der Waals surface area contributed by atoms with Gasteiger partial charge in [-0.2, -0.15) is 0 Å². The largest absolute Gasteiger partial charge is 0.254 e. The van der Waals surface area contributed by atoms with Crippen LogP contribution in [0.4, 0.5) is 0 Å². The van der Waals surface area contributed by atoms with Crippen molar-refractivity contribution in [1.82, 2.24) is 4.98 Å². The third-order valence-corrected chi connectivity index (χ3v) is 6.28. The summed E-state index contributed by atoms with van der Waals surface area (Å²) in [5.74, 6) is 0. The molecule has 0 aliphatic heterocycles. The molecule has 0 saturated carbocycles. The number of pyridine rings is 1. The Morgan fingerprint density at radius 2 is 1.16 bits per heavy atom. The van der Waals surface area contributed by atoms with Crippen LogP contribution in [-0.4, -0.2) is 4.98 Å². The van der Waals surface area contributed by atoms with Crippen LogP contribution in [0, 0.1) is 3.57 Å². The Hall–Kier alpha value is 0.0600. The lowest BCUT2D eigenvalue weighted by Gasteiger charge is -2.16. The first kappa shape index (κ1) is 19.8. The Morgan fingerprint density at radius 1 is 0.680 bits per heavy atom. The molecular weight excluding hydrogens is 558 g/mol. The fraction of sp³-hybridized carbons (Fsp3) is 0. The van der Waals surface area contributed by atoms with E-state index in [0.29, 0.717) is 52.5 Å². The molecule has 25 heavy (non-hydrogen) atoms. The Bertz CT molecular complexity index is 989. The highest BCUT2D eigenvalue weighted by atomic mass is 127. The second-order valence-electron chi connectivity index (χ2n) is 4.99. The van der Waals surface area contributed by atoms with Crippen molar-refractivity contribution in [2.24, 2.45) is 0 Å². The maximum absolute atomic E-state index is 6.42. The minimum atomic E-state index is 0.304. The smallest absolute Gasteiger partial charge is 0.0812 e. The Morgan fingerprint density at radius 3 is 1.76 bits per heavy atom. The van der Waals surface area contributed by atoms with E-state index in [4.69, 9.17) is 69.6 Å². The summed E-state index contributed by atoms with van der Waals surface area (Å²) in [5.41, 5.74) is 2.25. The van der Waals surface area contributed by atoms with Crippen LogP contribution in [0.2, 0.25) is 30.1 Å². The average molecular weight is 564 g/mol. The molecule has 8 heteroatoms. The molecule has 1 aromatic heterocycles. The van der Waals surface area contributed by atoms with E-state index in [9.17, 15) is 0 Å². The van der Waals surface area contributed by atoms with Gasteiger partial charge in [-0.1, -0.05) is 69.6 Å². The minimum absolute atomic E-state index is 0.304. The van der Waals surface area contributed by atoms with Crippen molar-refractivity contribution in [2.75, 3.05) is 0 Å². The Labute approximate surface area is 188 Å². The number of nitrogens with zero attached hydrogens (tertiary/aromatic N) is 1. The minimum Gasteiger partial charge on any atom is -0.254 e. The van der Waals surface area contributed by atoms with E-state index in [1.54, 1.807) is 30.5 Å². The molecule has 128 valence electrons. The van der Waals surface area contributed by atoms with Crippen LogP contribution in [0.25, 0.3) is 22.4 Å². The number of halogens is 7. The first-order valence-corrected chi connectivity index (χ1v) is 10.1. The molecule has 1 heterocycles. The molecule has 0 aliphatic carbocycles. The molecule has 0 radical (unpaired) electrons. The van der Waals surface area contributed by atoms with Gasteiger partial charge in [-0.25, -0.2) is 0 Å². The molecule has 0 atom stereocenters. The van der Waals surface area contributed by atoms with Crippen molar-refractivity contribution in [3.05, 3.63) is 70.2 Å². The fourth-order valence-corrected chi connectivity index (χ4v) is 4.24. The summed E-state index contributed by atoms with van der Waals surface area (Å²) in [6.45, 7) is 0. The van der Waals surface area contributed by atoms with E-state index < -0.39 is 0 Å². The van der Waals surface area contributed by atoms with Crippen molar-refractivity contribution >= 4 is 92.2 Å². The average Bonchev–Trinajstić information content (AvgIpc) is 2.57. The van der Waals surface area contributed by atoms with Crippen molar-refractivity contribution in [1.29, 1.82) is 0 Å². The summed E-state index contributed by atoms with van der Waals surface area (Å²) in [6.07, 6.45) is 1.69. The van der Waals surface area contributed by atoms with Gasteiger partial charge in [-0.15, -0.1) is 0 Å². The van der Waals surface area contributed by atoms with Crippen molar-refractivity contribution < 1.29 is 0 Å². The normalized spacial score (nSPS) is 11.0. The lowest BCUT2D eigenvalue weighted by molar-refractivity contribution is 1.31. The Kier molecular flexibility index (Phi) is 6.32. The lowest BCUT2D eigenvalue weighted by atomic mass is 9.99. The molecule has 0 saturated heterocycles. The zero-order valence-electron chi connectivity index (χ0n) is 12.1. The molecule has 0 spiro atoms. The predicted molar refractivity (Wildman–Crippen MR) is 118 cm³/mol. The van der Waals surface area contributed by atoms with Gasteiger partial charge in [0.05, 0.1) is 35.8 Å². The van der Waals surface area contributed by atoms with Crippen LogP contribution < -0.4 is 0 Å². The van der Waals surface area contributed by atoms with E-state index >= 15 is 0 Å². The number of rotatable bonds is 2. The van der Waals surface area contributed by atoms with Gasteiger partial charge in [0.1, 0.15) is 0 Å². The maximum Gasteiger partial charge on any atom is 0.0812 e. The topological polar surface area (TPSA) is 12.9 Å². The SMILES string of the molecule is Clc1ccc(Cl)c(-c2cc(I)cnc2-c2c(Cl)ccc(Cl)c2Cl)c1Cl. The van der Waals surface area contributed by atoms with E-state index in [0.717, 1.165) is 3.57 Å². The molecule has 0 fully saturated rings. The van der Waals surface area contributed by atoms with Gasteiger partial charge in [0.15, 0.2) is 0 Å². The van der Waals surface area contributed by atoms with Gasteiger partial charge in [0, 0.05) is 26.5 Å². The van der Waals surface area contributed by atoms with Gasteiger partial charge in [0.25, 0.3) is 0 Å². The van der Waals surface area contributed by atoms with Gasteiger partial charge < -0.3 is 0 Å². The summed E-state index contributed by atoms with van der Waals surface area (Å²) in [5, 5.41) is 2.24. The highest BCUT2D eigenvalue weighted by Gasteiger charge is 2.21. The van der Waals surface area contributed by atoms with E-state index in [2.05, 4.69) is 27.6 Å². The second-order valence-corrected chi connectivity index (χ2v) is 8.62. The van der Waals surface area contributed by atoms with Crippen molar-refractivity contribution in [3.8, 4) is 22.4 Å². The quantitative estimate of drug-likeness (QED) is 0.224. The number of hydrogen-bond donors (Lipinski definition) is 0. The molecule has 3 aromatic rings. The summed E-state index contributed by atoms with van der Waals surface area (Å²) >= 11 is 40.1. The summed E-state index contributed by atoms with van der Waals surface area (Å²) in [4.78, 5) is 4.50. The van der Waals surface area contributed by atoms with Crippen molar-refractivity contribution in [3.63, 3.8) is 0 Å².